The Balaban J connectivity index is 1.61. The van der Waals surface area contributed by atoms with Gasteiger partial charge in [0.1, 0.15) is 5.82 Å². The summed E-state index contributed by atoms with van der Waals surface area (Å²) >= 11 is 0. The molecule has 128 valence electrons. The molecule has 3 rings (SSSR count). The average molecular weight is 340 g/mol. The summed E-state index contributed by atoms with van der Waals surface area (Å²) in [7, 11) is 0. The van der Waals surface area contributed by atoms with Crippen LogP contribution in [-0.4, -0.2) is 32.0 Å². The van der Waals surface area contributed by atoms with E-state index in [0.29, 0.717) is 31.8 Å². The van der Waals surface area contributed by atoms with Crippen molar-refractivity contribution < 1.29 is 18.0 Å². The number of anilines is 1. The molecule has 0 bridgehead atoms. The molecule has 2 aromatic heterocycles. The lowest BCUT2D eigenvalue weighted by Crippen LogP contribution is -2.34. The number of carbonyl (C=O) groups excluding carboxylic acids is 1. The molecular weight excluding hydrogens is 325 g/mol. The van der Waals surface area contributed by atoms with Crippen LogP contribution in [0.5, 0.6) is 0 Å². The summed E-state index contributed by atoms with van der Waals surface area (Å²) < 4.78 is 39.6. The van der Waals surface area contributed by atoms with Crippen molar-refractivity contribution in [3.05, 3.63) is 35.8 Å². The minimum Gasteiger partial charge on any atom is -0.382 e. The van der Waals surface area contributed by atoms with E-state index in [-0.39, 0.29) is 17.4 Å². The van der Waals surface area contributed by atoms with Gasteiger partial charge in [-0.05, 0) is 12.3 Å². The fourth-order valence-electron chi connectivity index (χ4n) is 2.66. The van der Waals surface area contributed by atoms with Crippen LogP contribution in [0.2, 0.25) is 0 Å². The van der Waals surface area contributed by atoms with Crippen LogP contribution in [0.4, 0.5) is 19.0 Å². The summed E-state index contributed by atoms with van der Waals surface area (Å²) in [4.78, 5) is 23.3. The van der Waals surface area contributed by atoms with Gasteiger partial charge in [0, 0.05) is 38.1 Å². The van der Waals surface area contributed by atoms with Gasteiger partial charge in [0.25, 0.3) is 5.91 Å². The van der Waals surface area contributed by atoms with Crippen LogP contribution in [0.3, 0.4) is 0 Å². The lowest BCUT2D eigenvalue weighted by atomic mass is 9.99. The van der Waals surface area contributed by atoms with Crippen molar-refractivity contribution in [2.24, 2.45) is 5.92 Å². The van der Waals surface area contributed by atoms with E-state index in [1.54, 1.807) is 0 Å². The Kier molecular flexibility index (Phi) is 4.12. The quantitative estimate of drug-likeness (QED) is 0.877. The van der Waals surface area contributed by atoms with Crippen molar-refractivity contribution in [3.8, 4) is 0 Å². The third-order valence-electron chi connectivity index (χ3n) is 3.87. The molecule has 1 aliphatic rings. The Morgan fingerprint density at radius 1 is 1.38 bits per heavy atom. The average Bonchev–Trinajstić information content (AvgIpc) is 2.96. The first-order chi connectivity index (χ1) is 11.3. The number of alkyl halides is 3. The number of rotatable bonds is 3. The van der Waals surface area contributed by atoms with Gasteiger partial charge < -0.3 is 15.6 Å². The minimum atomic E-state index is -4.45. The van der Waals surface area contributed by atoms with E-state index in [0.717, 1.165) is 6.20 Å². The molecule has 0 aromatic carbocycles. The molecule has 0 fully saturated rings. The molecule has 0 radical (unpaired) electrons. The van der Waals surface area contributed by atoms with Gasteiger partial charge in [-0.15, -0.1) is 0 Å². The van der Waals surface area contributed by atoms with E-state index in [2.05, 4.69) is 20.3 Å². The summed E-state index contributed by atoms with van der Waals surface area (Å²) in [6, 6.07) is 0. The number of amides is 1. The van der Waals surface area contributed by atoms with E-state index < -0.39 is 17.8 Å². The predicted molar refractivity (Wildman–Crippen MR) is 77.8 cm³/mol. The van der Waals surface area contributed by atoms with E-state index in [9.17, 15) is 18.0 Å². The second-order valence-corrected chi connectivity index (χ2v) is 5.60. The first kappa shape index (κ1) is 16.2. The number of carbonyl (C=O) groups is 1. The maximum absolute atomic E-state index is 12.7. The maximum atomic E-state index is 12.7. The summed E-state index contributed by atoms with van der Waals surface area (Å²) in [5.41, 5.74) is 4.74. The molecule has 1 aliphatic heterocycles. The van der Waals surface area contributed by atoms with Crippen LogP contribution in [0.1, 0.15) is 28.4 Å². The molecule has 10 heteroatoms. The highest BCUT2D eigenvalue weighted by Gasteiger charge is 2.35. The van der Waals surface area contributed by atoms with Crippen LogP contribution < -0.4 is 11.1 Å². The Morgan fingerprint density at radius 3 is 2.83 bits per heavy atom. The molecule has 1 amide bonds. The van der Waals surface area contributed by atoms with Gasteiger partial charge in [-0.2, -0.15) is 13.2 Å². The number of fused-ring (bicyclic) bond motifs is 1. The molecule has 0 saturated carbocycles. The van der Waals surface area contributed by atoms with Crippen molar-refractivity contribution in [3.63, 3.8) is 0 Å². The van der Waals surface area contributed by atoms with Gasteiger partial charge >= 0.3 is 6.18 Å². The van der Waals surface area contributed by atoms with Crippen molar-refractivity contribution in [2.45, 2.75) is 25.6 Å². The lowest BCUT2D eigenvalue weighted by molar-refractivity contribution is -0.141. The number of hydrogen-bond donors (Lipinski definition) is 2. The first-order valence-corrected chi connectivity index (χ1v) is 7.32. The van der Waals surface area contributed by atoms with Gasteiger partial charge in [0.05, 0.1) is 0 Å². The largest absolute Gasteiger partial charge is 0.434 e. The van der Waals surface area contributed by atoms with Crippen LogP contribution in [0, 0.1) is 5.92 Å². The number of aromatic nitrogens is 4. The molecule has 0 spiro atoms. The second kappa shape index (κ2) is 6.10. The van der Waals surface area contributed by atoms with Crippen molar-refractivity contribution in [1.82, 2.24) is 24.8 Å². The molecule has 24 heavy (non-hydrogen) atoms. The number of nitrogens with zero attached hydrogens (tertiary/aromatic N) is 4. The molecule has 0 aliphatic carbocycles. The van der Waals surface area contributed by atoms with Crippen molar-refractivity contribution >= 4 is 11.7 Å². The van der Waals surface area contributed by atoms with E-state index in [4.69, 9.17) is 5.73 Å². The Hall–Kier alpha value is -2.65. The van der Waals surface area contributed by atoms with E-state index in [1.165, 1.54) is 17.0 Å². The van der Waals surface area contributed by atoms with Gasteiger partial charge in [-0.3, -0.25) is 4.79 Å². The van der Waals surface area contributed by atoms with Crippen LogP contribution >= 0.6 is 0 Å². The fourth-order valence-corrected chi connectivity index (χ4v) is 2.66. The monoisotopic (exact) mass is 340 g/mol. The SMILES string of the molecule is Nc1nccnc1C(=O)NC[C@@H]1CCc2nc(C(F)(F)F)cn2C1. The van der Waals surface area contributed by atoms with Gasteiger partial charge in [0.15, 0.2) is 17.2 Å². The number of nitrogens with one attached hydrogen (secondary N) is 1. The highest BCUT2D eigenvalue weighted by molar-refractivity contribution is 5.96. The highest BCUT2D eigenvalue weighted by Crippen LogP contribution is 2.30. The molecule has 3 N–H and O–H groups in total. The number of hydrogen-bond acceptors (Lipinski definition) is 5. The topological polar surface area (TPSA) is 98.7 Å². The van der Waals surface area contributed by atoms with Crippen LogP contribution in [-0.2, 0) is 19.1 Å². The zero-order valence-corrected chi connectivity index (χ0v) is 12.5. The second-order valence-electron chi connectivity index (χ2n) is 5.60. The third-order valence-corrected chi connectivity index (χ3v) is 3.87. The molecule has 2 aromatic rings. The highest BCUT2D eigenvalue weighted by atomic mass is 19.4. The number of imidazole rings is 1. The fraction of sp³-hybridized carbons (Fsp3) is 0.429. The minimum absolute atomic E-state index is 0.00892. The number of nitrogens with two attached hydrogens (primary N) is 1. The lowest BCUT2D eigenvalue weighted by Gasteiger charge is -2.23. The molecular formula is C14H15F3N6O. The van der Waals surface area contributed by atoms with Gasteiger partial charge in [-0.1, -0.05) is 0 Å². The predicted octanol–water partition coefficient (Wildman–Crippen LogP) is 1.27. The molecule has 0 unspecified atom stereocenters. The standard InChI is InChI=1S/C14H15F3N6O/c15-14(16,17)9-7-23-6-8(1-2-10(23)22-9)5-21-13(24)11-12(18)20-4-3-19-11/h3-4,7-8H,1-2,5-6H2,(H2,18,20)(H,21,24)/t8-/m0/s1. The van der Waals surface area contributed by atoms with Crippen LogP contribution in [0.15, 0.2) is 18.6 Å². The smallest absolute Gasteiger partial charge is 0.382 e. The number of halogens is 3. The van der Waals surface area contributed by atoms with Gasteiger partial charge in [-0.25, -0.2) is 15.0 Å². The summed E-state index contributed by atoms with van der Waals surface area (Å²) in [5.74, 6) is 0.0102. The Labute approximate surface area is 135 Å². The zero-order valence-electron chi connectivity index (χ0n) is 12.5. The number of nitrogen functional groups attached to an aromatic ring is 1. The normalized spacial score (nSPS) is 17.4. The molecule has 7 nitrogen and oxygen atoms in total. The van der Waals surface area contributed by atoms with Crippen molar-refractivity contribution in [1.29, 1.82) is 0 Å². The molecule has 1 atom stereocenters. The van der Waals surface area contributed by atoms with Crippen molar-refractivity contribution in [2.75, 3.05) is 12.3 Å². The maximum Gasteiger partial charge on any atom is 0.434 e. The third kappa shape index (κ3) is 3.31. The molecule has 0 saturated heterocycles. The summed E-state index contributed by atoms with van der Waals surface area (Å²) in [5, 5.41) is 2.70. The van der Waals surface area contributed by atoms with Crippen LogP contribution in [0.25, 0.3) is 0 Å². The molecule has 3 heterocycles. The number of aryl methyl sites for hydroxylation is 1. The van der Waals surface area contributed by atoms with E-state index >= 15 is 0 Å². The van der Waals surface area contributed by atoms with Gasteiger partial charge in [0.2, 0.25) is 0 Å². The Morgan fingerprint density at radius 2 is 2.12 bits per heavy atom. The Bertz CT molecular complexity index is 757. The summed E-state index contributed by atoms with van der Waals surface area (Å²) in [6.07, 6.45) is 0.393. The zero-order chi connectivity index (χ0) is 17.3. The summed E-state index contributed by atoms with van der Waals surface area (Å²) in [6.45, 7) is 0.683. The first-order valence-electron chi connectivity index (χ1n) is 7.32. The van der Waals surface area contributed by atoms with E-state index in [1.807, 2.05) is 0 Å².